The Bertz CT molecular complexity index is 315. The molecule has 0 bridgehead atoms. The molecule has 1 rings (SSSR count). The Hall–Kier alpha value is -1.06. The molecule has 0 aromatic heterocycles. The summed E-state index contributed by atoms with van der Waals surface area (Å²) in [5.74, 6) is 0.297. The van der Waals surface area contributed by atoms with Crippen molar-refractivity contribution in [1.29, 1.82) is 0 Å². The summed E-state index contributed by atoms with van der Waals surface area (Å²) in [6, 6.07) is 7.25. The van der Waals surface area contributed by atoms with Gasteiger partial charge in [0.1, 0.15) is 5.75 Å². The van der Waals surface area contributed by atoms with Crippen molar-refractivity contribution in [3.8, 4) is 5.75 Å². The van der Waals surface area contributed by atoms with Gasteiger partial charge in [-0.1, -0.05) is 26.0 Å². The topological polar surface area (TPSA) is 49.5 Å². The molecule has 0 heterocycles. The molecular formula is C13H22N2O. The van der Waals surface area contributed by atoms with E-state index in [9.17, 15) is 5.11 Å². The zero-order chi connectivity index (χ0) is 12.2. The van der Waals surface area contributed by atoms with E-state index in [1.54, 1.807) is 12.1 Å². The zero-order valence-corrected chi connectivity index (χ0v) is 10.4. The molecule has 0 amide bonds. The van der Waals surface area contributed by atoms with E-state index >= 15 is 0 Å². The minimum atomic E-state index is -0.333. The van der Waals surface area contributed by atoms with E-state index in [0.29, 0.717) is 5.75 Å². The number of phenolic OH excluding ortho intramolecular Hbond substituents is 1. The van der Waals surface area contributed by atoms with E-state index in [1.807, 2.05) is 19.1 Å². The first kappa shape index (κ1) is 13.0. The second-order valence-corrected chi connectivity index (χ2v) is 4.37. The van der Waals surface area contributed by atoms with Crippen LogP contribution >= 0.6 is 0 Å². The van der Waals surface area contributed by atoms with E-state index in [4.69, 9.17) is 5.73 Å². The summed E-state index contributed by atoms with van der Waals surface area (Å²) in [6.07, 6.45) is 0.787. The lowest BCUT2D eigenvalue weighted by Gasteiger charge is -2.37. The molecule has 90 valence electrons. The Morgan fingerprint density at radius 3 is 2.12 bits per heavy atom. The van der Waals surface area contributed by atoms with Crippen molar-refractivity contribution in [3.63, 3.8) is 0 Å². The van der Waals surface area contributed by atoms with Gasteiger partial charge in [-0.05, 0) is 37.7 Å². The van der Waals surface area contributed by atoms with Crippen molar-refractivity contribution in [2.45, 2.75) is 32.9 Å². The fraction of sp³-hybridized carbons (Fsp3) is 0.538. The molecule has 1 unspecified atom stereocenters. The molecule has 3 N–H and O–H groups in total. The molecule has 1 atom stereocenters. The number of likely N-dealkylation sites (N-methyl/N-ethyl adjacent to an activating group) is 1. The molecule has 3 nitrogen and oxygen atoms in total. The van der Waals surface area contributed by atoms with Crippen molar-refractivity contribution >= 4 is 0 Å². The SMILES string of the molecule is CCN(CC)C(C)(N)Cc1ccc(O)cc1. The van der Waals surface area contributed by atoms with Gasteiger partial charge in [-0.15, -0.1) is 0 Å². The Labute approximate surface area is 97.9 Å². The molecule has 0 aliphatic rings. The van der Waals surface area contributed by atoms with Crippen LogP contribution in [0.2, 0.25) is 0 Å². The quantitative estimate of drug-likeness (QED) is 0.749. The van der Waals surface area contributed by atoms with E-state index in [0.717, 1.165) is 25.1 Å². The molecule has 1 aromatic carbocycles. The molecule has 0 saturated heterocycles. The van der Waals surface area contributed by atoms with Crippen molar-refractivity contribution in [2.24, 2.45) is 5.73 Å². The number of hydrogen-bond donors (Lipinski definition) is 2. The molecule has 0 radical (unpaired) electrons. The second-order valence-electron chi connectivity index (χ2n) is 4.37. The number of phenols is 1. The molecule has 3 heteroatoms. The highest BCUT2D eigenvalue weighted by molar-refractivity contribution is 5.26. The maximum Gasteiger partial charge on any atom is 0.115 e. The van der Waals surface area contributed by atoms with E-state index in [-0.39, 0.29) is 5.66 Å². The van der Waals surface area contributed by atoms with Crippen LogP contribution in [0.1, 0.15) is 26.3 Å². The first-order valence-electron chi connectivity index (χ1n) is 5.81. The van der Waals surface area contributed by atoms with E-state index < -0.39 is 0 Å². The van der Waals surface area contributed by atoms with Crippen LogP contribution in [0.25, 0.3) is 0 Å². The Balaban J connectivity index is 2.75. The monoisotopic (exact) mass is 222 g/mol. The lowest BCUT2D eigenvalue weighted by atomic mass is 10.0. The number of nitrogens with zero attached hydrogens (tertiary/aromatic N) is 1. The number of hydrogen-bond acceptors (Lipinski definition) is 3. The smallest absolute Gasteiger partial charge is 0.115 e. The van der Waals surface area contributed by atoms with Gasteiger partial charge in [0.05, 0.1) is 5.66 Å². The summed E-state index contributed by atoms with van der Waals surface area (Å²) in [4.78, 5) is 2.24. The number of nitrogens with two attached hydrogens (primary N) is 1. The summed E-state index contributed by atoms with van der Waals surface area (Å²) in [5.41, 5.74) is 7.13. The molecule has 0 spiro atoms. The summed E-state index contributed by atoms with van der Waals surface area (Å²) in [7, 11) is 0. The minimum Gasteiger partial charge on any atom is -0.508 e. The van der Waals surface area contributed by atoms with Gasteiger partial charge in [0.2, 0.25) is 0 Å². The van der Waals surface area contributed by atoms with Crippen LogP contribution in [0.3, 0.4) is 0 Å². The van der Waals surface area contributed by atoms with Gasteiger partial charge in [0.15, 0.2) is 0 Å². The molecule has 0 fully saturated rings. The molecule has 0 saturated carbocycles. The van der Waals surface area contributed by atoms with Crippen LogP contribution in [-0.4, -0.2) is 28.8 Å². The highest BCUT2D eigenvalue weighted by Crippen LogP contribution is 2.17. The van der Waals surface area contributed by atoms with E-state index in [1.165, 1.54) is 0 Å². The van der Waals surface area contributed by atoms with Crippen LogP contribution in [0.15, 0.2) is 24.3 Å². The van der Waals surface area contributed by atoms with Crippen LogP contribution in [0.4, 0.5) is 0 Å². The summed E-state index contributed by atoms with van der Waals surface area (Å²) >= 11 is 0. The van der Waals surface area contributed by atoms with Crippen molar-refractivity contribution in [1.82, 2.24) is 4.90 Å². The first-order valence-corrected chi connectivity index (χ1v) is 5.81. The van der Waals surface area contributed by atoms with Gasteiger partial charge < -0.3 is 10.8 Å². The lowest BCUT2D eigenvalue weighted by Crippen LogP contribution is -2.55. The maximum atomic E-state index is 9.21. The highest BCUT2D eigenvalue weighted by Gasteiger charge is 2.24. The average molecular weight is 222 g/mol. The van der Waals surface area contributed by atoms with Gasteiger partial charge in [0, 0.05) is 6.42 Å². The van der Waals surface area contributed by atoms with E-state index in [2.05, 4.69) is 18.7 Å². The van der Waals surface area contributed by atoms with Crippen LogP contribution in [0, 0.1) is 0 Å². The molecule has 0 aliphatic carbocycles. The van der Waals surface area contributed by atoms with Crippen LogP contribution in [0.5, 0.6) is 5.75 Å². The third kappa shape index (κ3) is 3.22. The Kier molecular flexibility index (Phi) is 4.33. The Morgan fingerprint density at radius 2 is 1.69 bits per heavy atom. The van der Waals surface area contributed by atoms with Gasteiger partial charge >= 0.3 is 0 Å². The fourth-order valence-electron chi connectivity index (χ4n) is 2.08. The second kappa shape index (κ2) is 5.32. The molecule has 16 heavy (non-hydrogen) atoms. The van der Waals surface area contributed by atoms with Crippen molar-refractivity contribution in [2.75, 3.05) is 13.1 Å². The third-order valence-corrected chi connectivity index (χ3v) is 2.98. The number of aromatic hydroxyl groups is 1. The highest BCUT2D eigenvalue weighted by atomic mass is 16.3. The normalized spacial score (nSPS) is 15.1. The van der Waals surface area contributed by atoms with Crippen molar-refractivity contribution in [3.05, 3.63) is 29.8 Å². The third-order valence-electron chi connectivity index (χ3n) is 2.98. The predicted molar refractivity (Wildman–Crippen MR) is 67.3 cm³/mol. The van der Waals surface area contributed by atoms with Crippen LogP contribution < -0.4 is 5.73 Å². The average Bonchev–Trinajstić information content (AvgIpc) is 2.22. The number of rotatable bonds is 5. The molecule has 0 aliphatic heterocycles. The maximum absolute atomic E-state index is 9.21. The predicted octanol–water partition coefficient (Wildman–Crippen LogP) is 1.95. The molecule has 1 aromatic rings. The fourth-order valence-corrected chi connectivity index (χ4v) is 2.08. The summed E-state index contributed by atoms with van der Waals surface area (Å²) in [6.45, 7) is 8.17. The summed E-state index contributed by atoms with van der Waals surface area (Å²) in [5, 5.41) is 9.21. The zero-order valence-electron chi connectivity index (χ0n) is 10.4. The van der Waals surface area contributed by atoms with Crippen molar-refractivity contribution < 1.29 is 5.11 Å². The molecular weight excluding hydrogens is 200 g/mol. The van der Waals surface area contributed by atoms with Crippen LogP contribution in [-0.2, 0) is 6.42 Å². The Morgan fingerprint density at radius 1 is 1.19 bits per heavy atom. The number of benzene rings is 1. The lowest BCUT2D eigenvalue weighted by molar-refractivity contribution is 0.123. The standard InChI is InChI=1S/C13H22N2O/c1-4-15(5-2)13(3,14)10-11-6-8-12(16)9-7-11/h6-9,16H,4-5,10,14H2,1-3H3. The minimum absolute atomic E-state index is 0.297. The summed E-state index contributed by atoms with van der Waals surface area (Å²) < 4.78 is 0. The van der Waals surface area contributed by atoms with Gasteiger partial charge in [-0.2, -0.15) is 0 Å². The van der Waals surface area contributed by atoms with Gasteiger partial charge in [-0.25, -0.2) is 0 Å². The first-order chi connectivity index (χ1) is 7.49. The van der Waals surface area contributed by atoms with Gasteiger partial charge in [-0.3, -0.25) is 4.90 Å². The largest absolute Gasteiger partial charge is 0.508 e. The van der Waals surface area contributed by atoms with Gasteiger partial charge in [0.25, 0.3) is 0 Å².